The lowest BCUT2D eigenvalue weighted by Gasteiger charge is -2.37. The fourth-order valence-corrected chi connectivity index (χ4v) is 4.07. The van der Waals surface area contributed by atoms with Gasteiger partial charge in [0.1, 0.15) is 5.82 Å². The molecule has 1 aliphatic rings. The molecule has 2 aromatic carbocycles. The molecule has 8 nitrogen and oxygen atoms in total. The van der Waals surface area contributed by atoms with E-state index in [4.69, 9.17) is 15.2 Å². The SMILES string of the molecule is COc1cc2c(cc1OC)C(c1ccccc1)N(Cc1nc(N)nc(N(C)C)n1)CC2. The summed E-state index contributed by atoms with van der Waals surface area (Å²) in [7, 11) is 7.12. The fraction of sp³-hybridized carbons (Fsp3) is 0.348. The summed E-state index contributed by atoms with van der Waals surface area (Å²) in [5.74, 6) is 2.92. The second-order valence-corrected chi connectivity index (χ2v) is 7.74. The zero-order valence-corrected chi connectivity index (χ0v) is 18.4. The molecular weight excluding hydrogens is 392 g/mol. The lowest BCUT2D eigenvalue weighted by molar-refractivity contribution is 0.198. The summed E-state index contributed by atoms with van der Waals surface area (Å²) in [6, 6.07) is 14.7. The van der Waals surface area contributed by atoms with Gasteiger partial charge < -0.3 is 20.1 Å². The van der Waals surface area contributed by atoms with Crippen LogP contribution in [-0.4, -0.2) is 54.7 Å². The van der Waals surface area contributed by atoms with E-state index in [1.54, 1.807) is 14.2 Å². The molecule has 1 aromatic heterocycles. The molecule has 0 aliphatic carbocycles. The van der Waals surface area contributed by atoms with E-state index in [0.717, 1.165) is 24.5 Å². The summed E-state index contributed by atoms with van der Waals surface area (Å²) in [5, 5.41) is 0. The van der Waals surface area contributed by atoms with E-state index in [9.17, 15) is 0 Å². The molecule has 2 heterocycles. The summed E-state index contributed by atoms with van der Waals surface area (Å²) in [6.07, 6.45) is 0.889. The molecule has 1 unspecified atom stereocenters. The number of methoxy groups -OCH3 is 2. The number of nitrogens with zero attached hydrogens (tertiary/aromatic N) is 5. The van der Waals surface area contributed by atoms with Crippen molar-refractivity contribution in [3.8, 4) is 11.5 Å². The summed E-state index contributed by atoms with van der Waals surface area (Å²) >= 11 is 0. The zero-order chi connectivity index (χ0) is 22.0. The Kier molecular flexibility index (Phi) is 5.90. The Labute approximate surface area is 182 Å². The maximum Gasteiger partial charge on any atom is 0.229 e. The predicted octanol–water partition coefficient (Wildman–Crippen LogP) is 2.68. The monoisotopic (exact) mass is 420 g/mol. The Morgan fingerprint density at radius 1 is 1.03 bits per heavy atom. The number of nitrogen functional groups attached to an aromatic ring is 1. The van der Waals surface area contributed by atoms with E-state index in [0.29, 0.717) is 18.3 Å². The van der Waals surface area contributed by atoms with Crippen LogP contribution in [0.4, 0.5) is 11.9 Å². The maximum absolute atomic E-state index is 5.96. The second-order valence-electron chi connectivity index (χ2n) is 7.74. The van der Waals surface area contributed by atoms with Crippen LogP contribution in [-0.2, 0) is 13.0 Å². The normalized spacial score (nSPS) is 15.9. The number of ether oxygens (including phenoxy) is 2. The molecular formula is C23H28N6O2. The lowest BCUT2D eigenvalue weighted by Crippen LogP contribution is -2.36. The minimum Gasteiger partial charge on any atom is -0.493 e. The second kappa shape index (κ2) is 8.77. The summed E-state index contributed by atoms with van der Waals surface area (Å²) in [5.41, 5.74) is 9.61. The molecule has 0 spiro atoms. The van der Waals surface area contributed by atoms with Crippen LogP contribution in [0, 0.1) is 0 Å². The van der Waals surface area contributed by atoms with Gasteiger partial charge in [-0.05, 0) is 35.2 Å². The molecule has 4 rings (SSSR count). The number of rotatable bonds is 6. The molecule has 0 radical (unpaired) electrons. The van der Waals surface area contributed by atoms with Gasteiger partial charge in [0.2, 0.25) is 11.9 Å². The van der Waals surface area contributed by atoms with Gasteiger partial charge in [0.25, 0.3) is 0 Å². The van der Waals surface area contributed by atoms with Crippen molar-refractivity contribution in [1.29, 1.82) is 0 Å². The number of benzene rings is 2. The third-order valence-electron chi connectivity index (χ3n) is 5.52. The highest BCUT2D eigenvalue weighted by Crippen LogP contribution is 2.41. The van der Waals surface area contributed by atoms with Crippen LogP contribution in [0.15, 0.2) is 42.5 Å². The Morgan fingerprint density at radius 3 is 2.42 bits per heavy atom. The van der Waals surface area contributed by atoms with Gasteiger partial charge in [-0.2, -0.15) is 15.0 Å². The number of anilines is 2. The Balaban J connectivity index is 1.77. The van der Waals surface area contributed by atoms with Crippen molar-refractivity contribution in [2.75, 3.05) is 45.5 Å². The molecule has 1 atom stereocenters. The molecule has 0 bridgehead atoms. The van der Waals surface area contributed by atoms with Crippen molar-refractivity contribution in [3.05, 3.63) is 65.0 Å². The Hall–Kier alpha value is -3.39. The average Bonchev–Trinajstić information content (AvgIpc) is 2.78. The van der Waals surface area contributed by atoms with Crippen LogP contribution >= 0.6 is 0 Å². The van der Waals surface area contributed by atoms with Crippen LogP contribution in [0.1, 0.15) is 28.6 Å². The van der Waals surface area contributed by atoms with Crippen LogP contribution in [0.25, 0.3) is 0 Å². The topological polar surface area (TPSA) is 89.6 Å². The number of hydrogen-bond acceptors (Lipinski definition) is 8. The van der Waals surface area contributed by atoms with E-state index in [-0.39, 0.29) is 12.0 Å². The molecule has 0 amide bonds. The van der Waals surface area contributed by atoms with Crippen LogP contribution in [0.3, 0.4) is 0 Å². The quantitative estimate of drug-likeness (QED) is 0.651. The molecule has 0 saturated carbocycles. The Morgan fingerprint density at radius 2 is 1.74 bits per heavy atom. The van der Waals surface area contributed by atoms with Crippen molar-refractivity contribution in [3.63, 3.8) is 0 Å². The van der Waals surface area contributed by atoms with E-state index < -0.39 is 0 Å². The number of aromatic nitrogens is 3. The third-order valence-corrected chi connectivity index (χ3v) is 5.52. The van der Waals surface area contributed by atoms with E-state index in [1.165, 1.54) is 16.7 Å². The fourth-order valence-electron chi connectivity index (χ4n) is 4.07. The van der Waals surface area contributed by atoms with Crippen LogP contribution < -0.4 is 20.1 Å². The minimum absolute atomic E-state index is 0.0329. The van der Waals surface area contributed by atoms with Crippen molar-refractivity contribution < 1.29 is 9.47 Å². The van der Waals surface area contributed by atoms with Gasteiger partial charge in [0.15, 0.2) is 11.5 Å². The standard InChI is InChI=1S/C23H28N6O2/c1-28(2)23-26-20(25-22(24)27-23)14-29-11-10-16-12-18(30-3)19(31-4)13-17(16)21(29)15-8-6-5-7-9-15/h5-9,12-13,21H,10-11,14H2,1-4H3,(H2,24,25,26,27). The van der Waals surface area contributed by atoms with E-state index in [2.05, 4.69) is 56.3 Å². The van der Waals surface area contributed by atoms with Gasteiger partial charge in [0, 0.05) is 20.6 Å². The maximum atomic E-state index is 5.96. The molecule has 0 saturated heterocycles. The molecule has 8 heteroatoms. The highest BCUT2D eigenvalue weighted by Gasteiger charge is 2.31. The predicted molar refractivity (Wildman–Crippen MR) is 121 cm³/mol. The van der Waals surface area contributed by atoms with E-state index in [1.807, 2.05) is 25.1 Å². The first-order chi connectivity index (χ1) is 15.0. The minimum atomic E-state index is 0.0329. The van der Waals surface area contributed by atoms with Crippen molar-refractivity contribution in [2.24, 2.45) is 0 Å². The molecule has 162 valence electrons. The van der Waals surface area contributed by atoms with Gasteiger partial charge in [0.05, 0.1) is 26.8 Å². The Bertz CT molecular complexity index is 1060. The van der Waals surface area contributed by atoms with Gasteiger partial charge >= 0.3 is 0 Å². The lowest BCUT2D eigenvalue weighted by atomic mass is 9.87. The molecule has 2 N–H and O–H groups in total. The summed E-state index contributed by atoms with van der Waals surface area (Å²) < 4.78 is 11.1. The summed E-state index contributed by atoms with van der Waals surface area (Å²) in [4.78, 5) is 17.4. The van der Waals surface area contributed by atoms with Gasteiger partial charge in [-0.3, -0.25) is 4.90 Å². The first-order valence-electron chi connectivity index (χ1n) is 10.2. The van der Waals surface area contributed by atoms with Crippen LogP contribution in [0.5, 0.6) is 11.5 Å². The highest BCUT2D eigenvalue weighted by molar-refractivity contribution is 5.51. The third kappa shape index (κ3) is 4.25. The smallest absolute Gasteiger partial charge is 0.229 e. The van der Waals surface area contributed by atoms with Crippen molar-refractivity contribution in [1.82, 2.24) is 19.9 Å². The van der Waals surface area contributed by atoms with Crippen LogP contribution in [0.2, 0.25) is 0 Å². The van der Waals surface area contributed by atoms with Crippen molar-refractivity contribution >= 4 is 11.9 Å². The van der Waals surface area contributed by atoms with E-state index >= 15 is 0 Å². The molecule has 3 aromatic rings. The first-order valence-corrected chi connectivity index (χ1v) is 10.2. The largest absolute Gasteiger partial charge is 0.493 e. The molecule has 0 fully saturated rings. The molecule has 1 aliphatic heterocycles. The number of hydrogen-bond donors (Lipinski definition) is 1. The number of fused-ring (bicyclic) bond motifs is 1. The molecule has 31 heavy (non-hydrogen) atoms. The van der Waals surface area contributed by atoms with Crippen molar-refractivity contribution in [2.45, 2.75) is 19.0 Å². The zero-order valence-electron chi connectivity index (χ0n) is 18.4. The average molecular weight is 421 g/mol. The highest BCUT2D eigenvalue weighted by atomic mass is 16.5. The summed E-state index contributed by atoms with van der Waals surface area (Å²) in [6.45, 7) is 1.41. The van der Waals surface area contributed by atoms with Gasteiger partial charge in [-0.15, -0.1) is 0 Å². The van der Waals surface area contributed by atoms with Gasteiger partial charge in [-0.1, -0.05) is 30.3 Å². The number of nitrogens with two attached hydrogens (primary N) is 1. The van der Waals surface area contributed by atoms with Gasteiger partial charge in [-0.25, -0.2) is 0 Å². The first kappa shape index (κ1) is 20.9.